The summed E-state index contributed by atoms with van der Waals surface area (Å²) in [5, 5.41) is 0.855. The molecule has 0 radical (unpaired) electrons. The van der Waals surface area contributed by atoms with E-state index in [9.17, 15) is 13.2 Å². The number of allylic oxidation sites excluding steroid dienone is 1. The second-order valence-electron chi connectivity index (χ2n) is 7.24. The monoisotopic (exact) mass is 410 g/mol. The van der Waals surface area contributed by atoms with Crippen LogP contribution in [0.1, 0.15) is 28.4 Å². The van der Waals surface area contributed by atoms with Crippen molar-refractivity contribution >= 4 is 32.5 Å². The zero-order chi connectivity index (χ0) is 20.8. The van der Waals surface area contributed by atoms with Gasteiger partial charge < -0.3 is 16.5 Å². The highest BCUT2D eigenvalue weighted by molar-refractivity contribution is 7.88. The number of benzene rings is 2. The number of rotatable bonds is 4. The molecule has 1 aromatic heterocycles. The number of para-hydroxylation sites is 1. The molecule has 1 aliphatic rings. The number of primary amides is 1. The Morgan fingerprint density at radius 1 is 1.17 bits per heavy atom. The number of nitrogens with two attached hydrogens (primary N) is 2. The summed E-state index contributed by atoms with van der Waals surface area (Å²) in [6.07, 6.45) is 5.28. The average molecular weight is 410 g/mol. The molecule has 1 unspecified atom stereocenters. The number of nitrogens with zero attached hydrogens (tertiary/aromatic N) is 1. The molecular weight excluding hydrogens is 388 g/mol. The summed E-state index contributed by atoms with van der Waals surface area (Å²) in [5.74, 6) is -0.513. The number of nitrogen functional groups attached to an aromatic ring is 1. The smallest absolute Gasteiger partial charge is 0.250 e. The number of fused-ring (bicyclic) bond motifs is 1. The Bertz CT molecular complexity index is 1240. The van der Waals surface area contributed by atoms with Crippen LogP contribution in [-0.4, -0.2) is 36.4 Å². The first-order valence-corrected chi connectivity index (χ1v) is 11.1. The highest BCUT2D eigenvalue weighted by atomic mass is 32.2. The Kier molecular flexibility index (Phi) is 4.58. The summed E-state index contributed by atoms with van der Waals surface area (Å²) in [4.78, 5) is 15.3. The van der Waals surface area contributed by atoms with Crippen molar-refractivity contribution in [2.75, 3.05) is 18.5 Å². The number of anilines is 1. The molecule has 150 valence electrons. The van der Waals surface area contributed by atoms with Gasteiger partial charge in [0, 0.05) is 41.0 Å². The maximum absolute atomic E-state index is 12.0. The maximum atomic E-state index is 12.0. The molecule has 1 aliphatic heterocycles. The molecule has 2 heterocycles. The van der Waals surface area contributed by atoms with Gasteiger partial charge in [0.25, 0.3) is 5.91 Å². The Hall–Kier alpha value is -3.26. The van der Waals surface area contributed by atoms with Crippen LogP contribution in [0.2, 0.25) is 0 Å². The zero-order valence-electron chi connectivity index (χ0n) is 15.9. The molecule has 8 heteroatoms. The summed E-state index contributed by atoms with van der Waals surface area (Å²) in [6, 6.07) is 13.1. The van der Waals surface area contributed by atoms with E-state index < -0.39 is 15.9 Å². The van der Waals surface area contributed by atoms with E-state index >= 15 is 0 Å². The van der Waals surface area contributed by atoms with Crippen molar-refractivity contribution in [3.05, 3.63) is 66.0 Å². The van der Waals surface area contributed by atoms with Crippen LogP contribution in [-0.2, 0) is 10.0 Å². The second-order valence-corrected chi connectivity index (χ2v) is 9.17. The lowest BCUT2D eigenvalue weighted by molar-refractivity contribution is 0.100. The SMILES string of the molecule is CS(=O)(=O)N1C=CC(c2cc3c(-c4ccccc4N)ccc(C(N)=O)c3[nH]2)CC1. The molecule has 0 saturated heterocycles. The molecule has 0 saturated carbocycles. The van der Waals surface area contributed by atoms with Crippen LogP contribution in [0.5, 0.6) is 0 Å². The topological polar surface area (TPSA) is 122 Å². The summed E-state index contributed by atoms with van der Waals surface area (Å²) >= 11 is 0. The van der Waals surface area contributed by atoms with E-state index in [1.165, 1.54) is 10.6 Å². The fourth-order valence-corrected chi connectivity index (χ4v) is 4.52. The van der Waals surface area contributed by atoms with Gasteiger partial charge in [-0.05, 0) is 30.2 Å². The fraction of sp³-hybridized carbons (Fsp3) is 0.190. The minimum atomic E-state index is -3.26. The van der Waals surface area contributed by atoms with Crippen LogP contribution in [0.15, 0.2) is 54.7 Å². The van der Waals surface area contributed by atoms with E-state index in [2.05, 4.69) is 4.98 Å². The Balaban J connectivity index is 1.84. The highest BCUT2D eigenvalue weighted by Gasteiger charge is 2.23. The maximum Gasteiger partial charge on any atom is 0.250 e. The molecule has 1 atom stereocenters. The standard InChI is InChI=1S/C21H22N4O3S/c1-29(27,28)25-10-8-13(9-11-25)19-12-17-14(15-4-2-3-5-18(15)22)6-7-16(21(23)26)20(17)24-19/h2-8,10,12-13,24H,9,11,22H2,1H3,(H2,23,26). The van der Waals surface area contributed by atoms with Gasteiger partial charge in [-0.2, -0.15) is 0 Å². The average Bonchev–Trinajstić information content (AvgIpc) is 3.12. The predicted octanol–water partition coefficient (Wildman–Crippen LogP) is 2.78. The first-order chi connectivity index (χ1) is 13.8. The first kappa shape index (κ1) is 19.1. The molecule has 4 rings (SSSR count). The fourth-order valence-electron chi connectivity index (χ4n) is 3.79. The Morgan fingerprint density at radius 3 is 2.55 bits per heavy atom. The van der Waals surface area contributed by atoms with Crippen molar-refractivity contribution in [1.82, 2.24) is 9.29 Å². The first-order valence-electron chi connectivity index (χ1n) is 9.21. The normalized spacial score (nSPS) is 17.0. The third kappa shape index (κ3) is 3.47. The van der Waals surface area contributed by atoms with Gasteiger partial charge in [-0.25, -0.2) is 8.42 Å². The van der Waals surface area contributed by atoms with Crippen LogP contribution >= 0.6 is 0 Å². The van der Waals surface area contributed by atoms with Gasteiger partial charge in [0.1, 0.15) is 0 Å². The molecule has 0 aliphatic carbocycles. The van der Waals surface area contributed by atoms with Crippen molar-refractivity contribution < 1.29 is 13.2 Å². The van der Waals surface area contributed by atoms with Crippen LogP contribution in [0.25, 0.3) is 22.0 Å². The summed E-state index contributed by atoms with van der Waals surface area (Å²) in [6.45, 7) is 0.399. The van der Waals surface area contributed by atoms with Gasteiger partial charge in [-0.1, -0.05) is 30.3 Å². The number of sulfonamides is 1. The van der Waals surface area contributed by atoms with E-state index in [0.717, 1.165) is 22.2 Å². The predicted molar refractivity (Wildman–Crippen MR) is 115 cm³/mol. The number of nitrogens with one attached hydrogen (secondary N) is 1. The van der Waals surface area contributed by atoms with Crippen molar-refractivity contribution in [3.63, 3.8) is 0 Å². The number of aromatic amines is 1. The minimum Gasteiger partial charge on any atom is -0.398 e. The van der Waals surface area contributed by atoms with Gasteiger partial charge in [0.05, 0.1) is 17.3 Å². The quantitative estimate of drug-likeness (QED) is 0.572. The van der Waals surface area contributed by atoms with Crippen molar-refractivity contribution in [2.24, 2.45) is 5.73 Å². The van der Waals surface area contributed by atoms with Gasteiger partial charge in [-0.3, -0.25) is 9.10 Å². The largest absolute Gasteiger partial charge is 0.398 e. The third-order valence-electron chi connectivity index (χ3n) is 5.30. The molecule has 3 aromatic rings. The van der Waals surface area contributed by atoms with Crippen LogP contribution < -0.4 is 11.5 Å². The van der Waals surface area contributed by atoms with Gasteiger partial charge in [-0.15, -0.1) is 0 Å². The van der Waals surface area contributed by atoms with E-state index in [0.29, 0.717) is 29.7 Å². The summed E-state index contributed by atoms with van der Waals surface area (Å²) in [5.41, 5.74) is 16.1. The second kappa shape index (κ2) is 6.97. The molecule has 2 aromatic carbocycles. The molecule has 7 nitrogen and oxygen atoms in total. The lowest BCUT2D eigenvalue weighted by atomic mass is 9.96. The number of hydrogen-bond acceptors (Lipinski definition) is 4. The van der Waals surface area contributed by atoms with Crippen molar-refractivity contribution in [3.8, 4) is 11.1 Å². The van der Waals surface area contributed by atoms with Gasteiger partial charge in [0.2, 0.25) is 10.0 Å². The van der Waals surface area contributed by atoms with E-state index in [-0.39, 0.29) is 5.92 Å². The minimum absolute atomic E-state index is 0.00194. The number of carbonyl (C=O) groups excluding carboxylic acids is 1. The third-order valence-corrected chi connectivity index (χ3v) is 6.46. The van der Waals surface area contributed by atoms with Crippen LogP contribution in [0.4, 0.5) is 5.69 Å². The van der Waals surface area contributed by atoms with Gasteiger partial charge >= 0.3 is 0 Å². The Morgan fingerprint density at radius 2 is 1.93 bits per heavy atom. The summed E-state index contributed by atoms with van der Waals surface area (Å²) in [7, 11) is -3.26. The summed E-state index contributed by atoms with van der Waals surface area (Å²) < 4.78 is 24.8. The zero-order valence-corrected chi connectivity index (χ0v) is 16.7. The van der Waals surface area contributed by atoms with Crippen molar-refractivity contribution in [2.45, 2.75) is 12.3 Å². The molecule has 0 spiro atoms. The van der Waals surface area contributed by atoms with Gasteiger partial charge in [0.15, 0.2) is 0 Å². The van der Waals surface area contributed by atoms with Crippen LogP contribution in [0, 0.1) is 0 Å². The number of hydrogen-bond donors (Lipinski definition) is 3. The number of aromatic nitrogens is 1. The lowest BCUT2D eigenvalue weighted by Gasteiger charge is -2.25. The lowest BCUT2D eigenvalue weighted by Crippen LogP contribution is -2.29. The Labute approximate surface area is 169 Å². The van der Waals surface area contributed by atoms with E-state index in [1.54, 1.807) is 12.3 Å². The molecule has 0 bridgehead atoms. The molecule has 0 fully saturated rings. The molecule has 1 amide bonds. The van der Waals surface area contributed by atoms with Crippen molar-refractivity contribution in [1.29, 1.82) is 0 Å². The van der Waals surface area contributed by atoms with E-state index in [1.807, 2.05) is 42.5 Å². The number of carbonyl (C=O) groups is 1. The van der Waals surface area contributed by atoms with E-state index in [4.69, 9.17) is 11.5 Å². The number of amides is 1. The number of H-pyrrole nitrogens is 1. The van der Waals surface area contributed by atoms with Crippen LogP contribution in [0.3, 0.4) is 0 Å². The molecule has 29 heavy (non-hydrogen) atoms. The highest BCUT2D eigenvalue weighted by Crippen LogP contribution is 2.37. The molecular formula is C21H22N4O3S. The molecule has 5 N–H and O–H groups in total.